The van der Waals surface area contributed by atoms with Crippen LogP contribution in [0.2, 0.25) is 0 Å². The molecule has 0 radical (unpaired) electrons. The minimum absolute atomic E-state index is 0.123. The first-order valence-corrected chi connectivity index (χ1v) is 7.83. The Morgan fingerprint density at radius 2 is 1.75 bits per heavy atom. The molecule has 3 amide bonds. The minimum atomic E-state index is -0.280. The van der Waals surface area contributed by atoms with Gasteiger partial charge in [-0.1, -0.05) is 12.1 Å². The number of carbonyl (C=O) groups excluding carboxylic acids is 3. The van der Waals surface area contributed by atoms with Gasteiger partial charge in [0.05, 0.1) is 22.7 Å². The van der Waals surface area contributed by atoms with E-state index in [1.807, 2.05) is 0 Å². The molecule has 2 aliphatic rings. The van der Waals surface area contributed by atoms with Gasteiger partial charge >= 0.3 is 0 Å². The van der Waals surface area contributed by atoms with Crippen molar-refractivity contribution in [2.45, 2.75) is 12.5 Å². The maximum Gasteiger partial charge on any atom is 0.261 e. The number of likely N-dealkylation sites (tertiary alicyclic amines) is 1. The first kappa shape index (κ1) is 14.6. The Bertz CT molecular complexity index is 799. The molecule has 120 valence electrons. The lowest BCUT2D eigenvalue weighted by Gasteiger charge is -2.22. The summed E-state index contributed by atoms with van der Waals surface area (Å²) in [4.78, 5) is 44.5. The predicted octanol–water partition coefficient (Wildman–Crippen LogP) is 1.59. The van der Waals surface area contributed by atoms with Crippen molar-refractivity contribution < 1.29 is 14.4 Å². The summed E-state index contributed by atoms with van der Waals surface area (Å²) in [6.45, 7) is 0.880. The summed E-state index contributed by atoms with van der Waals surface area (Å²) in [6, 6.07) is 9.99. The van der Waals surface area contributed by atoms with Gasteiger partial charge in [0.15, 0.2) is 0 Å². The maximum atomic E-state index is 12.5. The summed E-state index contributed by atoms with van der Waals surface area (Å²) in [5.41, 5.74) is 1.40. The Hall–Kier alpha value is -3.02. The van der Waals surface area contributed by atoms with Crippen LogP contribution in [0, 0.1) is 0 Å². The molecular weight excluding hydrogens is 306 g/mol. The van der Waals surface area contributed by atoms with E-state index in [1.54, 1.807) is 47.5 Å². The van der Waals surface area contributed by atoms with Crippen LogP contribution in [-0.4, -0.2) is 51.6 Å². The van der Waals surface area contributed by atoms with Crippen LogP contribution >= 0.6 is 0 Å². The van der Waals surface area contributed by atoms with Crippen molar-refractivity contribution in [1.29, 1.82) is 0 Å². The van der Waals surface area contributed by atoms with Crippen LogP contribution in [0.4, 0.5) is 0 Å². The summed E-state index contributed by atoms with van der Waals surface area (Å²) in [5.74, 6) is -0.658. The zero-order valence-corrected chi connectivity index (χ0v) is 12.9. The molecule has 1 aromatic heterocycles. The summed E-state index contributed by atoms with van der Waals surface area (Å²) >= 11 is 0. The largest absolute Gasteiger partial charge is 0.336 e. The quantitative estimate of drug-likeness (QED) is 0.788. The van der Waals surface area contributed by atoms with Gasteiger partial charge in [-0.2, -0.15) is 0 Å². The first-order valence-electron chi connectivity index (χ1n) is 7.83. The smallest absolute Gasteiger partial charge is 0.261 e. The molecule has 2 aliphatic heterocycles. The van der Waals surface area contributed by atoms with Gasteiger partial charge in [0.1, 0.15) is 0 Å². The second-order valence-electron chi connectivity index (χ2n) is 5.96. The van der Waals surface area contributed by atoms with Gasteiger partial charge < -0.3 is 4.90 Å². The average Bonchev–Trinajstić information content (AvgIpc) is 3.19. The average molecular weight is 321 g/mol. The maximum absolute atomic E-state index is 12.5. The Labute approximate surface area is 138 Å². The SMILES string of the molecule is O=C(c1cccnc1)N1CCC(N2C(=O)c3ccccc3C2=O)C1. The Morgan fingerprint density at radius 3 is 2.38 bits per heavy atom. The third kappa shape index (κ3) is 2.19. The van der Waals surface area contributed by atoms with Gasteiger partial charge in [0.25, 0.3) is 17.7 Å². The summed E-state index contributed by atoms with van der Waals surface area (Å²) < 4.78 is 0. The molecule has 0 spiro atoms. The molecule has 1 saturated heterocycles. The topological polar surface area (TPSA) is 70.6 Å². The standard InChI is InChI=1S/C18H15N3O3/c22-16(12-4-3-8-19-10-12)20-9-7-13(11-20)21-17(23)14-5-1-2-6-15(14)18(21)24/h1-6,8,10,13H,7,9,11H2. The molecule has 3 heterocycles. The highest BCUT2D eigenvalue weighted by Crippen LogP contribution is 2.28. The third-order valence-electron chi connectivity index (χ3n) is 4.55. The fraction of sp³-hybridized carbons (Fsp3) is 0.222. The number of imide groups is 1. The molecule has 0 saturated carbocycles. The van der Waals surface area contributed by atoms with E-state index in [1.165, 1.54) is 11.1 Å². The fourth-order valence-electron chi connectivity index (χ4n) is 3.35. The van der Waals surface area contributed by atoms with Crippen molar-refractivity contribution in [3.63, 3.8) is 0 Å². The molecule has 0 aliphatic carbocycles. The molecule has 1 aromatic carbocycles. The highest BCUT2D eigenvalue weighted by Gasteiger charge is 2.42. The van der Waals surface area contributed by atoms with E-state index in [0.717, 1.165) is 0 Å². The molecular formula is C18H15N3O3. The van der Waals surface area contributed by atoms with Gasteiger partial charge in [-0.3, -0.25) is 24.3 Å². The van der Waals surface area contributed by atoms with Crippen LogP contribution in [-0.2, 0) is 0 Å². The van der Waals surface area contributed by atoms with Crippen molar-refractivity contribution in [2.75, 3.05) is 13.1 Å². The molecule has 6 nitrogen and oxygen atoms in total. The Kier molecular flexibility index (Phi) is 3.37. The lowest BCUT2D eigenvalue weighted by atomic mass is 10.1. The van der Waals surface area contributed by atoms with E-state index in [9.17, 15) is 14.4 Å². The van der Waals surface area contributed by atoms with Crippen LogP contribution in [0.1, 0.15) is 37.5 Å². The van der Waals surface area contributed by atoms with E-state index in [4.69, 9.17) is 0 Å². The van der Waals surface area contributed by atoms with Crippen molar-refractivity contribution in [2.24, 2.45) is 0 Å². The molecule has 1 unspecified atom stereocenters. The number of amides is 3. The van der Waals surface area contributed by atoms with Crippen LogP contribution in [0.15, 0.2) is 48.8 Å². The number of benzene rings is 1. The van der Waals surface area contributed by atoms with E-state index < -0.39 is 0 Å². The van der Waals surface area contributed by atoms with Crippen molar-refractivity contribution in [1.82, 2.24) is 14.8 Å². The number of hydrogen-bond donors (Lipinski definition) is 0. The normalized spacial score (nSPS) is 19.8. The second kappa shape index (κ2) is 5.56. The molecule has 4 rings (SSSR count). The van der Waals surface area contributed by atoms with E-state index in [0.29, 0.717) is 36.2 Å². The van der Waals surface area contributed by atoms with Gasteiger partial charge in [-0.15, -0.1) is 0 Å². The van der Waals surface area contributed by atoms with E-state index >= 15 is 0 Å². The summed E-state index contributed by atoms with van der Waals surface area (Å²) in [7, 11) is 0. The number of aromatic nitrogens is 1. The van der Waals surface area contributed by atoms with Crippen molar-refractivity contribution in [3.8, 4) is 0 Å². The molecule has 6 heteroatoms. The number of nitrogens with zero attached hydrogens (tertiary/aromatic N) is 3. The summed E-state index contributed by atoms with van der Waals surface area (Å²) in [5, 5.41) is 0. The second-order valence-corrected chi connectivity index (χ2v) is 5.96. The van der Waals surface area contributed by atoms with E-state index in [-0.39, 0.29) is 23.8 Å². The lowest BCUT2D eigenvalue weighted by Crippen LogP contribution is -2.42. The molecule has 1 atom stereocenters. The number of fused-ring (bicyclic) bond motifs is 1. The number of pyridine rings is 1. The van der Waals surface area contributed by atoms with Crippen LogP contribution in [0.5, 0.6) is 0 Å². The Morgan fingerprint density at radius 1 is 1.04 bits per heavy atom. The van der Waals surface area contributed by atoms with Gasteiger partial charge in [-0.05, 0) is 30.7 Å². The van der Waals surface area contributed by atoms with Gasteiger partial charge in [-0.25, -0.2) is 0 Å². The predicted molar refractivity (Wildman–Crippen MR) is 85.5 cm³/mol. The Balaban J connectivity index is 1.53. The highest BCUT2D eigenvalue weighted by molar-refractivity contribution is 6.21. The van der Waals surface area contributed by atoms with Crippen LogP contribution in [0.3, 0.4) is 0 Å². The zero-order valence-electron chi connectivity index (χ0n) is 12.9. The molecule has 2 aromatic rings. The highest BCUT2D eigenvalue weighted by atomic mass is 16.2. The van der Waals surface area contributed by atoms with Crippen LogP contribution < -0.4 is 0 Å². The van der Waals surface area contributed by atoms with Crippen LogP contribution in [0.25, 0.3) is 0 Å². The monoisotopic (exact) mass is 321 g/mol. The fourth-order valence-corrected chi connectivity index (χ4v) is 3.35. The van der Waals surface area contributed by atoms with E-state index in [2.05, 4.69) is 4.98 Å². The minimum Gasteiger partial charge on any atom is -0.336 e. The van der Waals surface area contributed by atoms with Crippen molar-refractivity contribution in [3.05, 3.63) is 65.5 Å². The third-order valence-corrected chi connectivity index (χ3v) is 4.55. The van der Waals surface area contributed by atoms with Gasteiger partial charge in [0.2, 0.25) is 0 Å². The van der Waals surface area contributed by atoms with Gasteiger partial charge in [0, 0.05) is 25.5 Å². The van der Waals surface area contributed by atoms with Crippen molar-refractivity contribution >= 4 is 17.7 Å². The number of carbonyl (C=O) groups is 3. The first-order chi connectivity index (χ1) is 11.7. The molecule has 0 N–H and O–H groups in total. The number of hydrogen-bond acceptors (Lipinski definition) is 4. The zero-order chi connectivity index (χ0) is 16.7. The molecule has 24 heavy (non-hydrogen) atoms. The molecule has 1 fully saturated rings. The molecule has 0 bridgehead atoms. The summed E-state index contributed by atoms with van der Waals surface area (Å²) in [6.07, 6.45) is 3.73. The lowest BCUT2D eigenvalue weighted by molar-refractivity contribution is 0.0574. The number of rotatable bonds is 2.